The Bertz CT molecular complexity index is 1100. The van der Waals surface area contributed by atoms with Gasteiger partial charge in [-0.3, -0.25) is 4.98 Å². The highest BCUT2D eigenvalue weighted by molar-refractivity contribution is 7.18. The molecule has 1 aromatic carbocycles. The summed E-state index contributed by atoms with van der Waals surface area (Å²) in [5, 5.41) is 4.13. The minimum absolute atomic E-state index is 0.139. The van der Waals surface area contributed by atoms with Crippen molar-refractivity contribution in [3.05, 3.63) is 52.4 Å². The molecular weight excluding hydrogens is 442 g/mol. The molecule has 5 rings (SSSR count). The van der Waals surface area contributed by atoms with E-state index in [1.807, 2.05) is 11.1 Å². The topological polar surface area (TPSA) is 57.2 Å². The van der Waals surface area contributed by atoms with Gasteiger partial charge in [0.15, 0.2) is 10.9 Å². The number of nitrogens with one attached hydrogen (secondary N) is 1. The maximum absolute atomic E-state index is 14.4. The van der Waals surface area contributed by atoms with Crippen molar-refractivity contribution >= 4 is 33.9 Å². The molecule has 2 aliphatic heterocycles. The summed E-state index contributed by atoms with van der Waals surface area (Å²) in [7, 11) is 0. The van der Waals surface area contributed by atoms with Crippen LogP contribution in [0.5, 0.6) is 0 Å². The lowest BCUT2D eigenvalue weighted by molar-refractivity contribution is 0.574. The van der Waals surface area contributed by atoms with Crippen molar-refractivity contribution < 1.29 is 8.78 Å². The number of halogens is 3. The minimum Gasteiger partial charge on any atom is -0.351 e. The van der Waals surface area contributed by atoms with Crippen LogP contribution in [0.3, 0.4) is 0 Å². The summed E-state index contributed by atoms with van der Waals surface area (Å²) < 4.78 is 28.2. The van der Waals surface area contributed by atoms with E-state index in [1.165, 1.54) is 0 Å². The van der Waals surface area contributed by atoms with Gasteiger partial charge in [-0.1, -0.05) is 22.9 Å². The normalized spacial score (nSPS) is 16.5. The minimum atomic E-state index is -0.625. The van der Waals surface area contributed by atoms with Crippen molar-refractivity contribution in [1.82, 2.24) is 20.3 Å². The lowest BCUT2D eigenvalue weighted by atomic mass is 10.1. The first kappa shape index (κ1) is 20.5. The summed E-state index contributed by atoms with van der Waals surface area (Å²) in [6, 6.07) is 2.15. The fourth-order valence-electron chi connectivity index (χ4n) is 3.94. The summed E-state index contributed by atoms with van der Waals surface area (Å²) in [4.78, 5) is 19.2. The van der Waals surface area contributed by atoms with Crippen LogP contribution in [-0.2, 0) is 13.0 Å². The van der Waals surface area contributed by atoms with Gasteiger partial charge in [-0.05, 0) is 25.0 Å². The van der Waals surface area contributed by atoms with Crippen LogP contribution in [0.15, 0.2) is 24.5 Å². The molecule has 0 aliphatic carbocycles. The molecule has 2 aromatic heterocycles. The molecule has 31 heavy (non-hydrogen) atoms. The average Bonchev–Trinajstić information content (AvgIpc) is 3.30. The molecule has 1 fully saturated rings. The second kappa shape index (κ2) is 8.64. The van der Waals surface area contributed by atoms with Crippen molar-refractivity contribution in [3.63, 3.8) is 0 Å². The van der Waals surface area contributed by atoms with Crippen molar-refractivity contribution in [1.29, 1.82) is 0 Å². The molecule has 10 heteroatoms. The van der Waals surface area contributed by atoms with Gasteiger partial charge in [0, 0.05) is 51.0 Å². The molecule has 0 unspecified atom stereocenters. The van der Waals surface area contributed by atoms with E-state index in [-0.39, 0.29) is 17.1 Å². The van der Waals surface area contributed by atoms with Crippen LogP contribution in [0.1, 0.15) is 17.7 Å². The number of aryl methyl sites for hydroxylation is 1. The summed E-state index contributed by atoms with van der Waals surface area (Å²) in [6.07, 6.45) is 5.26. The number of hydrogen-bond donors (Lipinski definition) is 1. The monoisotopic (exact) mass is 462 g/mol. The van der Waals surface area contributed by atoms with E-state index in [4.69, 9.17) is 16.6 Å². The zero-order valence-electron chi connectivity index (χ0n) is 16.7. The molecule has 0 atom stereocenters. The lowest BCUT2D eigenvalue weighted by Gasteiger charge is -2.30. The smallest absolute Gasteiger partial charge is 0.185 e. The Labute approximate surface area is 187 Å². The number of piperazine rings is 1. The highest BCUT2D eigenvalue weighted by atomic mass is 35.5. The molecule has 1 N–H and O–H groups in total. The summed E-state index contributed by atoms with van der Waals surface area (Å²) in [5.74, 6) is -0.452. The first-order valence-electron chi connectivity index (χ1n) is 10.3. The van der Waals surface area contributed by atoms with Crippen LogP contribution in [0, 0.1) is 11.6 Å². The molecule has 2 aliphatic rings. The Morgan fingerprint density at radius 3 is 2.71 bits per heavy atom. The van der Waals surface area contributed by atoms with E-state index in [0.717, 1.165) is 72.5 Å². The van der Waals surface area contributed by atoms with Gasteiger partial charge in [-0.25, -0.2) is 18.7 Å². The standard InChI is InChI=1S/C21H21ClF2N6S/c22-19-13(14(23)3-4-15(19)24)12-30-7-1-2-16-20(30)28-17(10-26-16)18-11-27-21(31-18)29-8-5-25-6-9-29/h3-4,10-11,25H,1-2,5-9,12H2. The average molecular weight is 463 g/mol. The van der Waals surface area contributed by atoms with E-state index < -0.39 is 11.6 Å². The molecule has 0 radical (unpaired) electrons. The third kappa shape index (κ3) is 4.09. The van der Waals surface area contributed by atoms with Crippen LogP contribution < -0.4 is 15.1 Å². The van der Waals surface area contributed by atoms with Crippen LogP contribution in [0.25, 0.3) is 10.6 Å². The highest BCUT2D eigenvalue weighted by Gasteiger charge is 2.24. The first-order valence-corrected chi connectivity index (χ1v) is 11.4. The first-order chi connectivity index (χ1) is 15.1. The third-order valence-electron chi connectivity index (χ3n) is 5.59. The number of rotatable bonds is 4. The number of thiazole rings is 1. The number of anilines is 2. The molecule has 4 heterocycles. The van der Waals surface area contributed by atoms with E-state index in [9.17, 15) is 8.78 Å². The maximum Gasteiger partial charge on any atom is 0.185 e. The molecule has 3 aromatic rings. The van der Waals surface area contributed by atoms with Gasteiger partial charge < -0.3 is 15.1 Å². The Morgan fingerprint density at radius 2 is 1.87 bits per heavy atom. The fourth-order valence-corrected chi connectivity index (χ4v) is 5.08. The van der Waals surface area contributed by atoms with Gasteiger partial charge in [0.05, 0.1) is 21.8 Å². The predicted molar refractivity (Wildman–Crippen MR) is 119 cm³/mol. The van der Waals surface area contributed by atoms with Crippen LogP contribution in [-0.4, -0.2) is 47.7 Å². The number of hydrogen-bond acceptors (Lipinski definition) is 7. The Hall–Kier alpha value is -2.36. The summed E-state index contributed by atoms with van der Waals surface area (Å²) in [6.45, 7) is 4.56. The van der Waals surface area contributed by atoms with Crippen molar-refractivity contribution in [2.45, 2.75) is 19.4 Å². The largest absolute Gasteiger partial charge is 0.351 e. The van der Waals surface area contributed by atoms with E-state index in [2.05, 4.69) is 20.2 Å². The molecule has 162 valence electrons. The van der Waals surface area contributed by atoms with Gasteiger partial charge in [0.1, 0.15) is 17.3 Å². The SMILES string of the molecule is Fc1ccc(F)c(CN2CCCc3ncc(-c4cnc(N5CCNCC5)s4)nc32)c1Cl. The zero-order valence-corrected chi connectivity index (χ0v) is 18.3. The molecule has 0 saturated carbocycles. The fraction of sp³-hybridized carbons (Fsp3) is 0.381. The molecule has 6 nitrogen and oxygen atoms in total. The van der Waals surface area contributed by atoms with Gasteiger partial charge >= 0.3 is 0 Å². The Morgan fingerprint density at radius 1 is 1.06 bits per heavy atom. The third-order valence-corrected chi connectivity index (χ3v) is 7.08. The number of nitrogens with zero attached hydrogens (tertiary/aromatic N) is 5. The van der Waals surface area contributed by atoms with E-state index in [0.29, 0.717) is 12.4 Å². The summed E-state index contributed by atoms with van der Waals surface area (Å²) in [5.41, 5.74) is 1.73. The summed E-state index contributed by atoms with van der Waals surface area (Å²) >= 11 is 7.65. The number of aromatic nitrogens is 3. The van der Waals surface area contributed by atoms with Gasteiger partial charge in [-0.2, -0.15) is 0 Å². The Kier molecular flexibility index (Phi) is 5.73. The molecule has 0 bridgehead atoms. The van der Waals surface area contributed by atoms with Crippen LogP contribution in [0.4, 0.5) is 19.7 Å². The van der Waals surface area contributed by atoms with Crippen molar-refractivity contribution in [3.8, 4) is 10.6 Å². The van der Waals surface area contributed by atoms with Crippen LogP contribution >= 0.6 is 22.9 Å². The van der Waals surface area contributed by atoms with Crippen molar-refractivity contribution in [2.75, 3.05) is 42.5 Å². The van der Waals surface area contributed by atoms with Gasteiger partial charge in [0.2, 0.25) is 0 Å². The second-order valence-electron chi connectivity index (χ2n) is 7.62. The van der Waals surface area contributed by atoms with Gasteiger partial charge in [0.25, 0.3) is 0 Å². The Balaban J connectivity index is 1.44. The molecular formula is C21H21ClF2N6S. The molecule has 0 spiro atoms. The van der Waals surface area contributed by atoms with Crippen molar-refractivity contribution in [2.24, 2.45) is 0 Å². The molecule has 0 amide bonds. The molecule has 1 saturated heterocycles. The number of fused-ring (bicyclic) bond motifs is 1. The van der Waals surface area contributed by atoms with E-state index >= 15 is 0 Å². The maximum atomic E-state index is 14.4. The van der Waals surface area contributed by atoms with Crippen LogP contribution in [0.2, 0.25) is 5.02 Å². The predicted octanol–water partition coefficient (Wildman–Crippen LogP) is 3.89. The second-order valence-corrected chi connectivity index (χ2v) is 9.00. The lowest BCUT2D eigenvalue weighted by Crippen LogP contribution is -2.43. The highest BCUT2D eigenvalue weighted by Crippen LogP contribution is 2.34. The number of benzene rings is 1. The quantitative estimate of drug-likeness (QED) is 0.593. The van der Waals surface area contributed by atoms with E-state index in [1.54, 1.807) is 17.5 Å². The zero-order chi connectivity index (χ0) is 21.4. The van der Waals surface area contributed by atoms with Gasteiger partial charge in [-0.15, -0.1) is 0 Å².